The van der Waals surface area contributed by atoms with Crippen LogP contribution in [0.15, 0.2) is 48.5 Å². The van der Waals surface area contributed by atoms with E-state index in [0.29, 0.717) is 16.3 Å². The highest BCUT2D eigenvalue weighted by molar-refractivity contribution is 14.1. The third kappa shape index (κ3) is 3.68. The molecule has 2 aromatic carbocycles. The summed E-state index contributed by atoms with van der Waals surface area (Å²) in [6.45, 7) is 1.24. The number of amides is 4. The monoisotopic (exact) mass is 483 g/mol. The number of benzene rings is 2. The Labute approximate surface area is 169 Å². The summed E-state index contributed by atoms with van der Waals surface area (Å²) in [5, 5.41) is 5.88. The first kappa shape index (κ1) is 18.7. The minimum absolute atomic E-state index is 0.362. The number of carbonyl (C=O) groups is 3. The molecule has 0 bridgehead atoms. The lowest BCUT2D eigenvalue weighted by atomic mass is 9.92. The summed E-state index contributed by atoms with van der Waals surface area (Å²) in [7, 11) is 0. The molecular weight excluding hydrogens is 469 g/mol. The topological polar surface area (TPSA) is 78.5 Å². The molecule has 0 aliphatic carbocycles. The number of imide groups is 1. The van der Waals surface area contributed by atoms with Crippen molar-refractivity contribution in [2.75, 3.05) is 11.9 Å². The number of halogens is 2. The van der Waals surface area contributed by atoms with Gasteiger partial charge in [0.15, 0.2) is 0 Å². The highest BCUT2D eigenvalue weighted by atomic mass is 127. The minimum atomic E-state index is -1.23. The molecule has 134 valence electrons. The van der Waals surface area contributed by atoms with Crippen LogP contribution >= 0.6 is 34.2 Å². The fraction of sp³-hybridized carbons (Fsp3) is 0.167. The predicted molar refractivity (Wildman–Crippen MR) is 107 cm³/mol. The van der Waals surface area contributed by atoms with Crippen molar-refractivity contribution in [2.24, 2.45) is 0 Å². The van der Waals surface area contributed by atoms with Crippen molar-refractivity contribution < 1.29 is 14.4 Å². The van der Waals surface area contributed by atoms with Crippen molar-refractivity contribution in [3.63, 3.8) is 0 Å². The lowest BCUT2D eigenvalue weighted by molar-refractivity contribution is -0.133. The van der Waals surface area contributed by atoms with Crippen LogP contribution in [0, 0.1) is 3.57 Å². The van der Waals surface area contributed by atoms with Crippen LogP contribution in [0.5, 0.6) is 0 Å². The number of hydrogen-bond acceptors (Lipinski definition) is 3. The number of nitrogens with zero attached hydrogens (tertiary/aromatic N) is 1. The van der Waals surface area contributed by atoms with E-state index in [-0.39, 0.29) is 6.54 Å². The summed E-state index contributed by atoms with van der Waals surface area (Å²) in [6.07, 6.45) is 0. The Morgan fingerprint density at radius 1 is 1.23 bits per heavy atom. The van der Waals surface area contributed by atoms with Crippen LogP contribution in [0.4, 0.5) is 10.5 Å². The van der Waals surface area contributed by atoms with Gasteiger partial charge in [0, 0.05) is 14.3 Å². The van der Waals surface area contributed by atoms with Crippen molar-refractivity contribution in [1.82, 2.24) is 10.2 Å². The third-order valence-corrected chi connectivity index (χ3v) is 5.03. The van der Waals surface area contributed by atoms with Crippen molar-refractivity contribution >= 4 is 57.7 Å². The van der Waals surface area contributed by atoms with Gasteiger partial charge in [-0.05, 0) is 65.4 Å². The first-order valence-electron chi connectivity index (χ1n) is 7.75. The van der Waals surface area contributed by atoms with Crippen LogP contribution in [0.2, 0.25) is 5.02 Å². The summed E-state index contributed by atoms with van der Waals surface area (Å²) >= 11 is 8.01. The summed E-state index contributed by atoms with van der Waals surface area (Å²) in [5.41, 5.74) is -0.0282. The van der Waals surface area contributed by atoms with E-state index in [1.165, 1.54) is 0 Å². The maximum Gasteiger partial charge on any atom is 0.325 e. The molecular formula is C18H15ClIN3O3. The van der Waals surface area contributed by atoms with Crippen LogP contribution in [0.25, 0.3) is 0 Å². The van der Waals surface area contributed by atoms with Gasteiger partial charge in [0.25, 0.3) is 5.91 Å². The highest BCUT2D eigenvalue weighted by Gasteiger charge is 2.49. The molecule has 2 aromatic rings. The molecule has 0 saturated carbocycles. The summed E-state index contributed by atoms with van der Waals surface area (Å²) in [6, 6.07) is 13.3. The Morgan fingerprint density at radius 2 is 1.92 bits per heavy atom. The van der Waals surface area contributed by atoms with E-state index in [1.54, 1.807) is 43.3 Å². The lowest BCUT2D eigenvalue weighted by Crippen LogP contribution is -2.42. The van der Waals surface area contributed by atoms with Gasteiger partial charge < -0.3 is 10.6 Å². The third-order valence-electron chi connectivity index (χ3n) is 4.11. The summed E-state index contributed by atoms with van der Waals surface area (Å²) < 4.78 is 0.964. The average Bonchev–Trinajstić information content (AvgIpc) is 2.79. The molecule has 0 aromatic heterocycles. The van der Waals surface area contributed by atoms with Crippen LogP contribution in [-0.2, 0) is 15.1 Å². The van der Waals surface area contributed by atoms with E-state index < -0.39 is 23.4 Å². The molecule has 26 heavy (non-hydrogen) atoms. The smallest absolute Gasteiger partial charge is 0.324 e. The Kier molecular flexibility index (Phi) is 5.19. The van der Waals surface area contributed by atoms with E-state index >= 15 is 0 Å². The zero-order valence-electron chi connectivity index (χ0n) is 13.8. The molecule has 1 aliphatic heterocycles. The quantitative estimate of drug-likeness (QED) is 0.517. The first-order valence-corrected chi connectivity index (χ1v) is 9.21. The number of hydrogen-bond donors (Lipinski definition) is 2. The molecule has 4 amide bonds. The second-order valence-corrected chi connectivity index (χ2v) is 7.69. The second-order valence-electron chi connectivity index (χ2n) is 6.01. The highest BCUT2D eigenvalue weighted by Crippen LogP contribution is 2.29. The van der Waals surface area contributed by atoms with E-state index in [9.17, 15) is 14.4 Å². The molecule has 8 heteroatoms. The minimum Gasteiger partial charge on any atom is -0.324 e. The molecule has 1 atom stereocenters. The van der Waals surface area contributed by atoms with Gasteiger partial charge in [-0.3, -0.25) is 14.5 Å². The van der Waals surface area contributed by atoms with Gasteiger partial charge in [0.1, 0.15) is 12.1 Å². The van der Waals surface area contributed by atoms with E-state index in [1.807, 2.05) is 12.1 Å². The maximum absolute atomic E-state index is 12.8. The largest absolute Gasteiger partial charge is 0.325 e. The standard InChI is InChI=1S/C18H15ClIN3O3/c1-18(11-5-7-12(19)8-6-11)16(25)23(17(26)22-18)10-15(24)21-14-4-2-3-13(20)9-14/h2-9H,10H2,1H3,(H,21,24)(H,22,26). The molecule has 0 spiro atoms. The van der Waals surface area contributed by atoms with Crippen LogP contribution in [-0.4, -0.2) is 29.3 Å². The molecule has 1 aliphatic rings. The summed E-state index contributed by atoms with van der Waals surface area (Å²) in [5.74, 6) is -0.932. The lowest BCUT2D eigenvalue weighted by Gasteiger charge is -2.22. The molecule has 0 radical (unpaired) electrons. The van der Waals surface area contributed by atoms with E-state index in [4.69, 9.17) is 11.6 Å². The van der Waals surface area contributed by atoms with Gasteiger partial charge in [-0.1, -0.05) is 29.8 Å². The summed E-state index contributed by atoms with van der Waals surface area (Å²) in [4.78, 5) is 38.2. The van der Waals surface area contributed by atoms with Crippen LogP contribution < -0.4 is 10.6 Å². The van der Waals surface area contributed by atoms with Crippen molar-refractivity contribution in [3.05, 3.63) is 62.7 Å². The molecule has 1 unspecified atom stereocenters. The Hall–Kier alpha value is -2.13. The maximum atomic E-state index is 12.8. The van der Waals surface area contributed by atoms with E-state index in [0.717, 1.165) is 8.47 Å². The second kappa shape index (κ2) is 7.24. The van der Waals surface area contributed by atoms with Gasteiger partial charge in [-0.15, -0.1) is 0 Å². The van der Waals surface area contributed by atoms with Gasteiger partial charge in [-0.2, -0.15) is 0 Å². The van der Waals surface area contributed by atoms with Gasteiger partial charge in [0.05, 0.1) is 0 Å². The normalized spacial score (nSPS) is 19.4. The van der Waals surface area contributed by atoms with E-state index in [2.05, 4.69) is 33.2 Å². The molecule has 6 nitrogen and oxygen atoms in total. The van der Waals surface area contributed by atoms with Crippen LogP contribution in [0.1, 0.15) is 12.5 Å². The molecule has 3 rings (SSSR count). The van der Waals surface area contributed by atoms with Gasteiger partial charge in [-0.25, -0.2) is 4.79 Å². The first-order chi connectivity index (χ1) is 12.3. The number of nitrogens with one attached hydrogen (secondary N) is 2. The predicted octanol–water partition coefficient (Wildman–Crippen LogP) is 3.35. The molecule has 1 saturated heterocycles. The Bertz CT molecular complexity index is 888. The van der Waals surface area contributed by atoms with Crippen molar-refractivity contribution in [1.29, 1.82) is 0 Å². The SMILES string of the molecule is CC1(c2ccc(Cl)cc2)NC(=O)N(CC(=O)Nc2cccc(I)c2)C1=O. The zero-order valence-corrected chi connectivity index (χ0v) is 16.7. The van der Waals surface area contributed by atoms with Gasteiger partial charge in [0.2, 0.25) is 5.91 Å². The Balaban J connectivity index is 1.74. The number of carbonyl (C=O) groups excluding carboxylic acids is 3. The number of anilines is 1. The Morgan fingerprint density at radius 3 is 2.58 bits per heavy atom. The fourth-order valence-electron chi connectivity index (χ4n) is 2.73. The molecule has 2 N–H and O–H groups in total. The molecule has 1 heterocycles. The molecule has 1 fully saturated rings. The van der Waals surface area contributed by atoms with Crippen molar-refractivity contribution in [2.45, 2.75) is 12.5 Å². The van der Waals surface area contributed by atoms with Crippen molar-refractivity contribution in [3.8, 4) is 0 Å². The number of rotatable bonds is 4. The zero-order chi connectivity index (χ0) is 18.9. The van der Waals surface area contributed by atoms with Crippen LogP contribution in [0.3, 0.4) is 0 Å². The van der Waals surface area contributed by atoms with Gasteiger partial charge >= 0.3 is 6.03 Å². The fourth-order valence-corrected chi connectivity index (χ4v) is 3.40. The number of urea groups is 1. The average molecular weight is 484 g/mol.